The van der Waals surface area contributed by atoms with Gasteiger partial charge in [-0.3, -0.25) is 9.67 Å². The number of ether oxygens (including phenoxy) is 1. The van der Waals surface area contributed by atoms with Gasteiger partial charge in [-0.15, -0.1) is 0 Å². The van der Waals surface area contributed by atoms with Crippen LogP contribution in [0.5, 0.6) is 0 Å². The Morgan fingerprint density at radius 2 is 2.16 bits per heavy atom. The zero-order valence-corrected chi connectivity index (χ0v) is 15.9. The molecule has 1 unspecified atom stereocenters. The highest BCUT2D eigenvalue weighted by atomic mass is 16.5. The molecule has 0 amide bonds. The molecule has 0 aromatic carbocycles. The first kappa shape index (κ1) is 18.2. The minimum absolute atomic E-state index is 0.413. The molecule has 2 N–H and O–H groups in total. The van der Waals surface area contributed by atoms with E-state index in [1.807, 2.05) is 0 Å². The summed E-state index contributed by atoms with van der Waals surface area (Å²) in [5, 5.41) is 11.8. The summed E-state index contributed by atoms with van der Waals surface area (Å²) in [6.45, 7) is 10.0. The second kappa shape index (κ2) is 8.70. The molecule has 6 nitrogen and oxygen atoms in total. The van der Waals surface area contributed by atoms with Crippen molar-refractivity contribution in [3.05, 3.63) is 17.5 Å². The Morgan fingerprint density at radius 1 is 1.36 bits per heavy atom. The summed E-state index contributed by atoms with van der Waals surface area (Å²) in [6.07, 6.45) is 7.69. The summed E-state index contributed by atoms with van der Waals surface area (Å²) in [5.74, 6) is 1.61. The SMILES string of the molecule is CCNC(=NCC1CCOCC1)NC1CCc2cn(C(C)C)nc2C1. The molecule has 1 atom stereocenters. The molecule has 140 valence electrons. The third-order valence-corrected chi connectivity index (χ3v) is 5.16. The molecule has 1 aliphatic carbocycles. The Balaban J connectivity index is 1.58. The molecular weight excluding hydrogens is 314 g/mol. The largest absolute Gasteiger partial charge is 0.381 e. The predicted octanol–water partition coefficient (Wildman–Crippen LogP) is 2.30. The number of nitrogens with one attached hydrogen (secondary N) is 2. The fourth-order valence-corrected chi connectivity index (χ4v) is 3.56. The van der Waals surface area contributed by atoms with E-state index in [0.29, 0.717) is 18.0 Å². The van der Waals surface area contributed by atoms with Gasteiger partial charge in [-0.05, 0) is 57.9 Å². The second-order valence-corrected chi connectivity index (χ2v) is 7.53. The van der Waals surface area contributed by atoms with Crippen LogP contribution < -0.4 is 10.6 Å². The first-order valence-electron chi connectivity index (χ1n) is 9.85. The molecule has 1 fully saturated rings. The van der Waals surface area contributed by atoms with Crippen LogP contribution >= 0.6 is 0 Å². The standard InChI is InChI=1S/C19H33N5O/c1-4-20-19(21-12-15-7-9-25-10-8-15)22-17-6-5-16-13-24(14(2)3)23-18(16)11-17/h13-15,17H,4-12H2,1-3H3,(H2,20,21,22). The molecule has 1 aromatic heterocycles. The summed E-state index contributed by atoms with van der Waals surface area (Å²) in [5.41, 5.74) is 2.66. The van der Waals surface area contributed by atoms with Gasteiger partial charge in [0.05, 0.1) is 5.69 Å². The second-order valence-electron chi connectivity index (χ2n) is 7.53. The maximum absolute atomic E-state index is 5.44. The Labute approximate surface area is 151 Å². The first-order chi connectivity index (χ1) is 12.2. The van der Waals surface area contributed by atoms with E-state index in [1.165, 1.54) is 11.3 Å². The van der Waals surface area contributed by atoms with E-state index in [2.05, 4.69) is 42.3 Å². The third kappa shape index (κ3) is 4.97. The van der Waals surface area contributed by atoms with E-state index in [9.17, 15) is 0 Å². The van der Waals surface area contributed by atoms with Crippen molar-refractivity contribution in [3.8, 4) is 0 Å². The van der Waals surface area contributed by atoms with Crippen LogP contribution in [0, 0.1) is 5.92 Å². The van der Waals surface area contributed by atoms with Gasteiger partial charge in [-0.2, -0.15) is 5.10 Å². The van der Waals surface area contributed by atoms with Crippen molar-refractivity contribution >= 4 is 5.96 Å². The van der Waals surface area contributed by atoms with E-state index in [4.69, 9.17) is 14.8 Å². The summed E-state index contributed by atoms with van der Waals surface area (Å²) in [6, 6.07) is 0.839. The molecule has 0 bridgehead atoms. The zero-order chi connectivity index (χ0) is 17.6. The first-order valence-corrected chi connectivity index (χ1v) is 9.85. The average molecular weight is 348 g/mol. The Bertz CT molecular complexity index is 574. The fourth-order valence-electron chi connectivity index (χ4n) is 3.56. The normalized spacial score (nSPS) is 22.1. The number of guanidine groups is 1. The lowest BCUT2D eigenvalue weighted by atomic mass is 9.94. The fraction of sp³-hybridized carbons (Fsp3) is 0.789. The van der Waals surface area contributed by atoms with E-state index >= 15 is 0 Å². The molecule has 1 aromatic rings. The van der Waals surface area contributed by atoms with Crippen LogP contribution in [0.15, 0.2) is 11.2 Å². The van der Waals surface area contributed by atoms with Crippen LogP contribution in [0.2, 0.25) is 0 Å². The van der Waals surface area contributed by atoms with Crippen LogP contribution in [-0.4, -0.2) is 48.1 Å². The monoisotopic (exact) mass is 347 g/mol. The number of hydrogen-bond donors (Lipinski definition) is 2. The van der Waals surface area contributed by atoms with Crippen LogP contribution in [0.3, 0.4) is 0 Å². The van der Waals surface area contributed by atoms with Gasteiger partial charge in [0, 0.05) is 51.0 Å². The van der Waals surface area contributed by atoms with Crippen molar-refractivity contribution in [2.24, 2.45) is 10.9 Å². The number of aryl methyl sites for hydroxylation is 1. The van der Waals surface area contributed by atoms with Gasteiger partial charge in [0.2, 0.25) is 0 Å². The molecule has 0 spiro atoms. The smallest absolute Gasteiger partial charge is 0.191 e. The molecule has 2 heterocycles. The average Bonchev–Trinajstić information content (AvgIpc) is 3.04. The van der Waals surface area contributed by atoms with Gasteiger partial charge in [0.15, 0.2) is 5.96 Å². The molecule has 1 aliphatic heterocycles. The quantitative estimate of drug-likeness (QED) is 0.634. The molecule has 0 saturated carbocycles. The van der Waals surface area contributed by atoms with Gasteiger partial charge in [0.1, 0.15) is 0 Å². The number of fused-ring (bicyclic) bond motifs is 1. The van der Waals surface area contributed by atoms with Gasteiger partial charge < -0.3 is 15.4 Å². The minimum atomic E-state index is 0.413. The maximum Gasteiger partial charge on any atom is 0.191 e. The van der Waals surface area contributed by atoms with Crippen LogP contribution in [0.1, 0.15) is 57.3 Å². The number of rotatable bonds is 5. The van der Waals surface area contributed by atoms with Crippen LogP contribution in [0.4, 0.5) is 0 Å². The predicted molar refractivity (Wildman–Crippen MR) is 101 cm³/mol. The number of aromatic nitrogens is 2. The Kier molecular flexibility index (Phi) is 6.34. The van der Waals surface area contributed by atoms with Gasteiger partial charge in [-0.1, -0.05) is 0 Å². The van der Waals surface area contributed by atoms with E-state index in [1.54, 1.807) is 0 Å². The van der Waals surface area contributed by atoms with E-state index < -0.39 is 0 Å². The highest BCUT2D eigenvalue weighted by Gasteiger charge is 2.23. The Morgan fingerprint density at radius 3 is 2.88 bits per heavy atom. The van der Waals surface area contributed by atoms with Crippen molar-refractivity contribution in [2.75, 3.05) is 26.3 Å². The van der Waals surface area contributed by atoms with Crippen molar-refractivity contribution in [1.82, 2.24) is 20.4 Å². The minimum Gasteiger partial charge on any atom is -0.381 e. The molecule has 3 rings (SSSR count). The lowest BCUT2D eigenvalue weighted by Gasteiger charge is -2.25. The highest BCUT2D eigenvalue weighted by Crippen LogP contribution is 2.22. The lowest BCUT2D eigenvalue weighted by molar-refractivity contribution is 0.0689. The number of nitrogens with zero attached hydrogens (tertiary/aromatic N) is 3. The third-order valence-electron chi connectivity index (χ3n) is 5.16. The van der Waals surface area contributed by atoms with E-state index in [-0.39, 0.29) is 0 Å². The van der Waals surface area contributed by atoms with Crippen molar-refractivity contribution in [3.63, 3.8) is 0 Å². The molecule has 6 heteroatoms. The van der Waals surface area contributed by atoms with Crippen molar-refractivity contribution in [2.45, 2.75) is 65.0 Å². The van der Waals surface area contributed by atoms with Crippen LogP contribution in [0.25, 0.3) is 0 Å². The summed E-state index contributed by atoms with van der Waals surface area (Å²) >= 11 is 0. The van der Waals surface area contributed by atoms with Gasteiger partial charge in [-0.25, -0.2) is 0 Å². The van der Waals surface area contributed by atoms with Crippen LogP contribution in [-0.2, 0) is 17.6 Å². The van der Waals surface area contributed by atoms with Gasteiger partial charge >= 0.3 is 0 Å². The highest BCUT2D eigenvalue weighted by molar-refractivity contribution is 5.80. The number of aliphatic imine (C=N–C) groups is 1. The topological polar surface area (TPSA) is 63.5 Å². The molecule has 2 aliphatic rings. The Hall–Kier alpha value is -1.56. The zero-order valence-electron chi connectivity index (χ0n) is 15.9. The maximum atomic E-state index is 5.44. The molecule has 0 radical (unpaired) electrons. The lowest BCUT2D eigenvalue weighted by Crippen LogP contribution is -2.46. The number of hydrogen-bond acceptors (Lipinski definition) is 3. The van der Waals surface area contributed by atoms with Crippen molar-refractivity contribution < 1.29 is 4.74 Å². The van der Waals surface area contributed by atoms with E-state index in [0.717, 1.165) is 64.4 Å². The van der Waals surface area contributed by atoms with Gasteiger partial charge in [0.25, 0.3) is 0 Å². The summed E-state index contributed by atoms with van der Waals surface area (Å²) in [7, 11) is 0. The van der Waals surface area contributed by atoms with Crippen molar-refractivity contribution in [1.29, 1.82) is 0 Å². The summed E-state index contributed by atoms with van der Waals surface area (Å²) < 4.78 is 7.53. The molecule has 1 saturated heterocycles. The molecular formula is C19H33N5O. The summed E-state index contributed by atoms with van der Waals surface area (Å²) in [4.78, 5) is 4.83. The molecule has 25 heavy (non-hydrogen) atoms.